The van der Waals surface area contributed by atoms with Crippen molar-refractivity contribution in [1.82, 2.24) is 14.6 Å². The van der Waals surface area contributed by atoms with Gasteiger partial charge in [0, 0.05) is 6.61 Å². The van der Waals surface area contributed by atoms with Crippen molar-refractivity contribution < 1.29 is 47.7 Å². The van der Waals surface area contributed by atoms with Gasteiger partial charge in [-0.05, 0) is 43.2 Å². The molecule has 1 aliphatic rings. The molecule has 1 saturated heterocycles. The van der Waals surface area contributed by atoms with Crippen LogP contribution in [-0.2, 0) is 40.0 Å². The van der Waals surface area contributed by atoms with Gasteiger partial charge in [-0.25, -0.2) is 14.1 Å². The predicted octanol–water partition coefficient (Wildman–Crippen LogP) is 7.65. The van der Waals surface area contributed by atoms with E-state index in [2.05, 4.69) is 17.0 Å². The van der Waals surface area contributed by atoms with Gasteiger partial charge in [-0.3, -0.25) is 9.05 Å². The number of nitrogens with zero attached hydrogens (tertiary/aromatic N) is 3. The Morgan fingerprint density at radius 2 is 1.48 bits per heavy atom. The molecular formula is C41H67N4O10P. The van der Waals surface area contributed by atoms with E-state index < -0.39 is 44.4 Å². The highest BCUT2D eigenvalue weighted by Crippen LogP contribution is 2.46. The van der Waals surface area contributed by atoms with Crippen LogP contribution in [0.1, 0.15) is 128 Å². The highest BCUT2D eigenvalue weighted by molar-refractivity contribution is 7.47. The molecule has 0 saturated carbocycles. The van der Waals surface area contributed by atoms with E-state index in [-0.39, 0.29) is 25.6 Å². The summed E-state index contributed by atoms with van der Waals surface area (Å²) in [6.07, 6.45) is 17.3. The zero-order chi connectivity index (χ0) is 40.2. The fourth-order valence-corrected chi connectivity index (χ4v) is 7.85. The molecule has 0 aliphatic carbocycles. The van der Waals surface area contributed by atoms with Crippen LogP contribution in [0.2, 0.25) is 0 Å². The van der Waals surface area contributed by atoms with Crippen molar-refractivity contribution in [1.29, 1.82) is 0 Å². The smallest absolute Gasteiger partial charge is 0.472 e. The summed E-state index contributed by atoms with van der Waals surface area (Å²) in [6.45, 7) is 3.96. The lowest BCUT2D eigenvalue weighted by molar-refractivity contribution is -0.0901. The lowest BCUT2D eigenvalue weighted by Crippen LogP contribution is -2.39. The molecule has 1 aromatic carbocycles. The minimum Gasteiger partial charge on any atom is -0.497 e. The number of ether oxygens (including phenoxy) is 4. The zero-order valence-electron chi connectivity index (χ0n) is 33.8. The molecule has 3 aromatic rings. The van der Waals surface area contributed by atoms with Crippen LogP contribution in [0.4, 0.5) is 5.82 Å². The molecule has 316 valence electrons. The highest BCUT2D eigenvalue weighted by Gasteiger charge is 2.54. The van der Waals surface area contributed by atoms with Gasteiger partial charge in [0.2, 0.25) is 0 Å². The summed E-state index contributed by atoms with van der Waals surface area (Å²) in [4.78, 5) is 14.6. The number of phosphoric ester groups is 1. The number of phosphoric acid groups is 1. The quantitative estimate of drug-likeness (QED) is 0.0380. The minimum absolute atomic E-state index is 0.156. The van der Waals surface area contributed by atoms with E-state index in [0.29, 0.717) is 17.8 Å². The number of hydrogen-bond donors (Lipinski definition) is 4. The van der Waals surface area contributed by atoms with Crippen LogP contribution in [0.15, 0.2) is 42.7 Å². The Bertz CT molecular complexity index is 1580. The maximum Gasteiger partial charge on any atom is 0.472 e. The first-order valence-corrected chi connectivity index (χ1v) is 22.1. The molecular weight excluding hydrogens is 739 g/mol. The number of fused-ring (bicyclic) bond motifs is 1. The molecule has 0 bridgehead atoms. The van der Waals surface area contributed by atoms with Crippen LogP contribution in [-0.4, -0.2) is 87.7 Å². The second-order valence-electron chi connectivity index (χ2n) is 15.1. The summed E-state index contributed by atoms with van der Waals surface area (Å²) in [5, 5.41) is 26.1. The van der Waals surface area contributed by atoms with E-state index in [1.165, 1.54) is 101 Å². The van der Waals surface area contributed by atoms with Crippen LogP contribution in [0, 0.1) is 0 Å². The molecule has 1 unspecified atom stereocenters. The van der Waals surface area contributed by atoms with E-state index in [9.17, 15) is 19.7 Å². The largest absolute Gasteiger partial charge is 0.497 e. The topological polar surface area (TPSA) is 189 Å². The summed E-state index contributed by atoms with van der Waals surface area (Å²) in [5.41, 5.74) is 6.31. The lowest BCUT2D eigenvalue weighted by atomic mass is 9.93. The number of aliphatic hydroxyl groups is 2. The standard InChI is InChI=1S/C41H67N4O10P/c1-4-5-6-7-8-9-10-11-12-13-14-15-16-17-18-19-26-51-28-34(52-27-32-20-22-33(50-3)23-21-32)29-53-56(48,49)54-30-36-38(46)39(47)41(2,55-36)37-25-24-35-40(42)43-31-44-45(35)37/h20-25,31,34,36,38-39,46-47H,4-19,26-30H2,1-3H3,(H,48,49)(H2,42,43,44)/t34-,36-,38-,39-,41+/m1/s1. The lowest BCUT2D eigenvalue weighted by Gasteiger charge is -2.27. The molecule has 2 aromatic heterocycles. The van der Waals surface area contributed by atoms with Gasteiger partial charge in [-0.2, -0.15) is 5.10 Å². The second kappa shape index (κ2) is 24.3. The number of nitrogen functional groups attached to an aromatic ring is 1. The van der Waals surface area contributed by atoms with Gasteiger partial charge in [0.1, 0.15) is 47.6 Å². The van der Waals surface area contributed by atoms with Gasteiger partial charge < -0.3 is 39.8 Å². The van der Waals surface area contributed by atoms with Crippen LogP contribution >= 0.6 is 7.82 Å². The second-order valence-corrected chi connectivity index (χ2v) is 16.5. The third-order valence-corrected chi connectivity index (χ3v) is 11.5. The number of hydrogen-bond acceptors (Lipinski definition) is 12. The van der Waals surface area contributed by atoms with E-state index >= 15 is 0 Å². The molecule has 56 heavy (non-hydrogen) atoms. The number of nitrogens with two attached hydrogens (primary N) is 1. The molecule has 0 spiro atoms. The Hall–Kier alpha value is -2.65. The number of unbranched alkanes of at least 4 members (excludes halogenated alkanes) is 15. The molecule has 4 rings (SSSR count). The number of benzene rings is 1. The van der Waals surface area contributed by atoms with Gasteiger partial charge >= 0.3 is 7.82 Å². The molecule has 1 fully saturated rings. The van der Waals surface area contributed by atoms with Crippen LogP contribution in [0.5, 0.6) is 5.75 Å². The fourth-order valence-electron chi connectivity index (χ4n) is 7.09. The third kappa shape index (κ3) is 14.6. The fraction of sp³-hybridized carbons (Fsp3) is 0.707. The number of aliphatic hydroxyl groups excluding tert-OH is 2. The first-order valence-electron chi connectivity index (χ1n) is 20.6. The van der Waals surface area contributed by atoms with Gasteiger partial charge in [0.05, 0.1) is 39.2 Å². The van der Waals surface area contributed by atoms with Crippen molar-refractivity contribution in [2.24, 2.45) is 0 Å². The number of anilines is 1. The first-order chi connectivity index (χ1) is 27.1. The molecule has 1 aliphatic heterocycles. The molecule has 15 heteroatoms. The highest BCUT2D eigenvalue weighted by atomic mass is 31.2. The van der Waals surface area contributed by atoms with Crippen molar-refractivity contribution in [3.05, 3.63) is 54.0 Å². The van der Waals surface area contributed by atoms with Gasteiger partial charge in [-0.1, -0.05) is 115 Å². The average Bonchev–Trinajstić information content (AvgIpc) is 3.74. The van der Waals surface area contributed by atoms with Crippen LogP contribution in [0.3, 0.4) is 0 Å². The molecule has 0 radical (unpaired) electrons. The molecule has 14 nitrogen and oxygen atoms in total. The van der Waals surface area contributed by atoms with Crippen LogP contribution in [0.25, 0.3) is 5.52 Å². The Morgan fingerprint density at radius 1 is 0.875 bits per heavy atom. The molecule has 3 heterocycles. The van der Waals surface area contributed by atoms with Crippen molar-refractivity contribution >= 4 is 19.2 Å². The van der Waals surface area contributed by atoms with Gasteiger partial charge in [0.15, 0.2) is 5.82 Å². The number of aromatic nitrogens is 3. The summed E-state index contributed by atoms with van der Waals surface area (Å²) in [6, 6.07) is 10.8. The maximum absolute atomic E-state index is 13.0. The predicted molar refractivity (Wildman–Crippen MR) is 215 cm³/mol. The minimum atomic E-state index is -4.64. The van der Waals surface area contributed by atoms with E-state index in [4.69, 9.17) is 33.7 Å². The molecule has 0 amide bonds. The Morgan fingerprint density at radius 3 is 2.09 bits per heavy atom. The van der Waals surface area contributed by atoms with E-state index in [1.54, 1.807) is 26.2 Å². The summed E-state index contributed by atoms with van der Waals surface area (Å²) in [5.74, 6) is 0.955. The Labute approximate surface area is 333 Å². The average molecular weight is 807 g/mol. The van der Waals surface area contributed by atoms with Crippen molar-refractivity contribution in [2.75, 3.05) is 39.3 Å². The third-order valence-electron chi connectivity index (χ3n) is 10.6. The Balaban J connectivity index is 1.16. The first kappa shape index (κ1) is 46.0. The van der Waals surface area contributed by atoms with Crippen molar-refractivity contribution in [3.63, 3.8) is 0 Å². The normalized spacial score (nSPS) is 21.4. The molecule has 5 N–H and O–H groups in total. The summed E-state index contributed by atoms with van der Waals surface area (Å²) < 4.78 is 48.4. The van der Waals surface area contributed by atoms with Crippen molar-refractivity contribution in [3.8, 4) is 5.75 Å². The molecule has 6 atom stereocenters. The van der Waals surface area contributed by atoms with Crippen LogP contribution < -0.4 is 10.5 Å². The summed E-state index contributed by atoms with van der Waals surface area (Å²) in [7, 11) is -3.05. The number of methoxy groups -OCH3 is 1. The SMILES string of the molecule is CCCCCCCCCCCCCCCCCCOC[C@H](COP(=O)(O)OC[C@H]1O[C@@](C)(c2ccc3c(N)ncnn23)[C@H](O)[C@@H]1O)OCc1ccc(OC)cc1. The van der Waals surface area contributed by atoms with Gasteiger partial charge in [-0.15, -0.1) is 0 Å². The zero-order valence-corrected chi connectivity index (χ0v) is 34.7. The van der Waals surface area contributed by atoms with Crippen molar-refractivity contribution in [2.45, 2.75) is 153 Å². The Kier molecular flexibility index (Phi) is 20.0. The monoisotopic (exact) mass is 806 g/mol. The van der Waals surface area contributed by atoms with Gasteiger partial charge in [0.25, 0.3) is 0 Å². The summed E-state index contributed by atoms with van der Waals surface area (Å²) >= 11 is 0. The number of rotatable bonds is 30. The maximum atomic E-state index is 13.0. The van der Waals surface area contributed by atoms with E-state index in [0.717, 1.165) is 24.2 Å². The van der Waals surface area contributed by atoms with E-state index in [1.807, 2.05) is 24.3 Å².